The van der Waals surface area contributed by atoms with Crippen LogP contribution in [0.15, 0.2) is 40.0 Å². The van der Waals surface area contributed by atoms with Crippen LogP contribution in [0, 0.1) is 24.0 Å². The van der Waals surface area contributed by atoms with Crippen molar-refractivity contribution in [3.05, 3.63) is 56.2 Å². The van der Waals surface area contributed by atoms with E-state index in [2.05, 4.69) is 26.2 Å². The summed E-state index contributed by atoms with van der Waals surface area (Å²) in [6.45, 7) is 3.92. The van der Waals surface area contributed by atoms with Gasteiger partial charge in [0.1, 0.15) is 6.20 Å². The molecule has 0 spiro atoms. The molecule has 0 radical (unpaired) electrons. The third-order valence-electron chi connectivity index (χ3n) is 3.28. The van der Waals surface area contributed by atoms with E-state index in [0.29, 0.717) is 5.03 Å². The molecule has 0 unspecified atom stereocenters. The highest BCUT2D eigenvalue weighted by Crippen LogP contribution is 2.26. The first-order valence-electron chi connectivity index (χ1n) is 6.67. The van der Waals surface area contributed by atoms with Gasteiger partial charge in [-0.05, 0) is 43.2 Å². The van der Waals surface area contributed by atoms with E-state index in [-0.39, 0.29) is 17.3 Å². The number of hydrogen-bond donors (Lipinski definition) is 1. The number of amides is 1. The number of nitrogens with zero attached hydrogens (tertiary/aromatic N) is 2. The van der Waals surface area contributed by atoms with Crippen molar-refractivity contribution in [3.63, 3.8) is 0 Å². The van der Waals surface area contributed by atoms with Crippen molar-refractivity contribution in [3.8, 4) is 0 Å². The average molecular weight is 396 g/mol. The quantitative estimate of drug-likeness (QED) is 0.467. The fourth-order valence-corrected chi connectivity index (χ4v) is 2.89. The lowest BCUT2D eigenvalue weighted by atomic mass is 10.1. The zero-order chi connectivity index (χ0) is 17.0. The smallest absolute Gasteiger partial charge is 0.287 e. The molecule has 6 nitrogen and oxygen atoms in total. The van der Waals surface area contributed by atoms with E-state index >= 15 is 0 Å². The number of carbonyl (C=O) groups excluding carboxylic acids is 1. The molecule has 0 aliphatic carbocycles. The average Bonchev–Trinajstić information content (AvgIpc) is 2.54. The molecule has 0 atom stereocenters. The van der Waals surface area contributed by atoms with Crippen LogP contribution in [0.5, 0.6) is 0 Å². The van der Waals surface area contributed by atoms with Crippen LogP contribution in [0.4, 0.5) is 11.4 Å². The number of thioether (sulfide) groups is 1. The predicted octanol–water partition coefficient (Wildman–Crippen LogP) is 4.10. The molecule has 0 bridgehead atoms. The van der Waals surface area contributed by atoms with Crippen molar-refractivity contribution >= 4 is 45.0 Å². The lowest BCUT2D eigenvalue weighted by molar-refractivity contribution is -0.385. The molecule has 0 aliphatic heterocycles. The summed E-state index contributed by atoms with van der Waals surface area (Å²) in [6, 6.07) is 6.64. The summed E-state index contributed by atoms with van der Waals surface area (Å²) in [5.74, 6) is 0.0271. The number of aromatic nitrogens is 1. The third-order valence-corrected chi connectivity index (χ3v) is 5.08. The monoisotopic (exact) mass is 395 g/mol. The molecule has 1 aromatic heterocycles. The SMILES string of the molecule is Cc1c(Br)ccc(NC(=O)CSc2ccc([N+](=O)[O-])cn2)c1C. The molecule has 0 saturated heterocycles. The number of nitrogens with one attached hydrogen (secondary N) is 1. The Bertz CT molecular complexity index is 750. The van der Waals surface area contributed by atoms with Gasteiger partial charge in [-0.2, -0.15) is 0 Å². The van der Waals surface area contributed by atoms with Gasteiger partial charge in [0.25, 0.3) is 5.69 Å². The van der Waals surface area contributed by atoms with Crippen LogP contribution >= 0.6 is 27.7 Å². The predicted molar refractivity (Wildman–Crippen MR) is 93.9 cm³/mol. The normalized spacial score (nSPS) is 10.4. The van der Waals surface area contributed by atoms with E-state index in [1.165, 1.54) is 30.1 Å². The van der Waals surface area contributed by atoms with Gasteiger partial charge in [0.05, 0.1) is 15.7 Å². The van der Waals surface area contributed by atoms with Crippen molar-refractivity contribution in [1.29, 1.82) is 0 Å². The van der Waals surface area contributed by atoms with E-state index < -0.39 is 4.92 Å². The van der Waals surface area contributed by atoms with Crippen molar-refractivity contribution < 1.29 is 9.72 Å². The molecule has 0 aliphatic rings. The number of hydrogen-bond acceptors (Lipinski definition) is 5. The minimum Gasteiger partial charge on any atom is -0.325 e. The molecule has 23 heavy (non-hydrogen) atoms. The number of nitro groups is 1. The Morgan fingerprint density at radius 3 is 2.65 bits per heavy atom. The molecule has 0 saturated carbocycles. The van der Waals surface area contributed by atoms with Gasteiger partial charge < -0.3 is 5.32 Å². The lowest BCUT2D eigenvalue weighted by Crippen LogP contribution is -2.15. The van der Waals surface area contributed by atoms with Crippen LogP contribution < -0.4 is 5.32 Å². The Morgan fingerprint density at radius 1 is 1.30 bits per heavy atom. The number of rotatable bonds is 5. The topological polar surface area (TPSA) is 85.1 Å². The maximum absolute atomic E-state index is 12.0. The number of anilines is 1. The first kappa shape index (κ1) is 17.4. The van der Waals surface area contributed by atoms with Crippen molar-refractivity contribution in [2.75, 3.05) is 11.1 Å². The highest BCUT2D eigenvalue weighted by molar-refractivity contribution is 9.10. The second-order valence-corrected chi connectivity index (χ2v) is 6.64. The maximum atomic E-state index is 12.0. The molecular formula is C15H14BrN3O3S. The Morgan fingerprint density at radius 2 is 2.04 bits per heavy atom. The molecule has 0 fully saturated rings. The van der Waals surface area contributed by atoms with Crippen LogP contribution in [0.25, 0.3) is 0 Å². The highest BCUT2D eigenvalue weighted by atomic mass is 79.9. The molecule has 8 heteroatoms. The molecule has 2 aromatic rings. The molecular weight excluding hydrogens is 382 g/mol. The van der Waals surface area contributed by atoms with Crippen LogP contribution in [-0.2, 0) is 4.79 Å². The molecule has 1 heterocycles. The zero-order valence-corrected chi connectivity index (χ0v) is 14.9. The Hall–Kier alpha value is -1.93. The standard InChI is InChI=1S/C15H14BrN3O3S/c1-9-10(2)13(5-4-12(9)16)18-14(20)8-23-15-6-3-11(7-17-15)19(21)22/h3-7H,8H2,1-2H3,(H,18,20). The highest BCUT2D eigenvalue weighted by Gasteiger charge is 2.10. The van der Waals surface area contributed by atoms with Crippen molar-refractivity contribution in [2.24, 2.45) is 0 Å². The maximum Gasteiger partial charge on any atom is 0.287 e. The molecule has 120 valence electrons. The van der Waals surface area contributed by atoms with Gasteiger partial charge in [0.15, 0.2) is 0 Å². The Labute approximate surface area is 146 Å². The Balaban J connectivity index is 1.95. The summed E-state index contributed by atoms with van der Waals surface area (Å²) in [6.07, 6.45) is 1.18. The van der Waals surface area contributed by atoms with Gasteiger partial charge in [-0.3, -0.25) is 14.9 Å². The summed E-state index contributed by atoms with van der Waals surface area (Å²) in [5, 5.41) is 14.0. The second kappa shape index (κ2) is 7.56. The molecule has 2 rings (SSSR count). The molecule has 1 aromatic carbocycles. The van der Waals surface area contributed by atoms with E-state index in [4.69, 9.17) is 0 Å². The van der Waals surface area contributed by atoms with Gasteiger partial charge in [-0.1, -0.05) is 27.7 Å². The molecule has 1 N–H and O–H groups in total. The number of benzene rings is 1. The fourth-order valence-electron chi connectivity index (χ4n) is 1.81. The number of pyridine rings is 1. The minimum absolute atomic E-state index is 0.0697. The second-order valence-electron chi connectivity index (χ2n) is 4.79. The Kier molecular flexibility index (Phi) is 5.73. The summed E-state index contributed by atoms with van der Waals surface area (Å²) in [4.78, 5) is 26.0. The summed E-state index contributed by atoms with van der Waals surface area (Å²) >= 11 is 4.68. The van der Waals surface area contributed by atoms with E-state index in [9.17, 15) is 14.9 Å². The summed E-state index contributed by atoms with van der Waals surface area (Å²) in [7, 11) is 0. The van der Waals surface area contributed by atoms with Crippen LogP contribution in [0.1, 0.15) is 11.1 Å². The van der Waals surface area contributed by atoms with Gasteiger partial charge >= 0.3 is 0 Å². The lowest BCUT2D eigenvalue weighted by Gasteiger charge is -2.11. The van der Waals surface area contributed by atoms with E-state index in [1.54, 1.807) is 0 Å². The van der Waals surface area contributed by atoms with Crippen LogP contribution in [0.2, 0.25) is 0 Å². The number of halogens is 1. The number of carbonyl (C=O) groups is 1. The van der Waals surface area contributed by atoms with Gasteiger partial charge in [-0.15, -0.1) is 0 Å². The van der Waals surface area contributed by atoms with Crippen molar-refractivity contribution in [2.45, 2.75) is 18.9 Å². The first-order chi connectivity index (χ1) is 10.9. The van der Waals surface area contributed by atoms with E-state index in [1.807, 2.05) is 26.0 Å². The van der Waals surface area contributed by atoms with Crippen LogP contribution in [0.3, 0.4) is 0 Å². The van der Waals surface area contributed by atoms with E-state index in [0.717, 1.165) is 21.3 Å². The van der Waals surface area contributed by atoms with Crippen molar-refractivity contribution in [1.82, 2.24) is 4.98 Å². The third kappa shape index (κ3) is 4.52. The first-order valence-corrected chi connectivity index (χ1v) is 8.45. The minimum atomic E-state index is -0.507. The van der Waals surface area contributed by atoms with Gasteiger partial charge in [-0.25, -0.2) is 4.98 Å². The summed E-state index contributed by atoms with van der Waals surface area (Å²) < 4.78 is 0.998. The zero-order valence-electron chi connectivity index (χ0n) is 12.5. The van der Waals surface area contributed by atoms with Crippen LogP contribution in [-0.4, -0.2) is 21.6 Å². The largest absolute Gasteiger partial charge is 0.325 e. The summed E-state index contributed by atoms with van der Waals surface area (Å²) in [5.41, 5.74) is 2.78. The molecule has 1 amide bonds. The van der Waals surface area contributed by atoms with Gasteiger partial charge in [0, 0.05) is 16.2 Å². The fraction of sp³-hybridized carbons (Fsp3) is 0.200. The van der Waals surface area contributed by atoms with Gasteiger partial charge in [0.2, 0.25) is 5.91 Å².